The minimum atomic E-state index is -1.03. The maximum atomic E-state index is 14.2. The number of nitrogens with two attached hydrogens (primary N) is 1. The van der Waals surface area contributed by atoms with Crippen molar-refractivity contribution in [1.82, 2.24) is 0 Å². The van der Waals surface area contributed by atoms with E-state index in [0.29, 0.717) is 5.56 Å². The second kappa shape index (κ2) is 10.2. The Balaban J connectivity index is 0.00000176. The van der Waals surface area contributed by atoms with Gasteiger partial charge in [0.05, 0.1) is 13.0 Å². The molecule has 0 amide bonds. The number of esters is 1. The number of halogens is 2. The fourth-order valence-corrected chi connectivity index (χ4v) is 3.17. The number of rotatable bonds is 5. The highest BCUT2D eigenvalue weighted by atomic mass is 19.2. The molecule has 0 saturated carbocycles. The number of hydrogen-bond donors (Lipinski definition) is 1. The minimum absolute atomic E-state index is 0.0255. The van der Waals surface area contributed by atoms with Crippen LogP contribution in [0.4, 0.5) is 8.78 Å². The highest BCUT2D eigenvalue weighted by Gasteiger charge is 2.21. The summed E-state index contributed by atoms with van der Waals surface area (Å²) in [6, 6.07) is 5.69. The molecule has 148 valence electrons. The van der Waals surface area contributed by atoms with Gasteiger partial charge in [-0.1, -0.05) is 31.5 Å². The fraction of sp³-hybridized carbons (Fsp3) is 0.409. The summed E-state index contributed by atoms with van der Waals surface area (Å²) in [6.07, 6.45) is -0.209. The molecule has 2 N–H and O–H groups in total. The molecule has 0 aromatic heterocycles. The molecule has 2 aromatic rings. The first-order valence-corrected chi connectivity index (χ1v) is 9.23. The van der Waals surface area contributed by atoms with Crippen LogP contribution in [0.3, 0.4) is 0 Å². The quantitative estimate of drug-likeness (QED) is 0.697. The van der Waals surface area contributed by atoms with Gasteiger partial charge in [0.25, 0.3) is 0 Å². The summed E-state index contributed by atoms with van der Waals surface area (Å²) >= 11 is 0. The Bertz CT molecular complexity index is 780. The molecule has 27 heavy (non-hydrogen) atoms. The first kappa shape index (κ1) is 22.8. The summed E-state index contributed by atoms with van der Waals surface area (Å²) in [4.78, 5) is 11.6. The maximum absolute atomic E-state index is 14.2. The van der Waals surface area contributed by atoms with E-state index >= 15 is 0 Å². The van der Waals surface area contributed by atoms with E-state index in [-0.39, 0.29) is 18.6 Å². The molecule has 2 rings (SSSR count). The van der Waals surface area contributed by atoms with Gasteiger partial charge in [-0.15, -0.1) is 0 Å². The van der Waals surface area contributed by atoms with E-state index in [0.717, 1.165) is 22.3 Å². The summed E-state index contributed by atoms with van der Waals surface area (Å²) in [6.45, 7) is 11.7. The van der Waals surface area contributed by atoms with Gasteiger partial charge in [-0.25, -0.2) is 8.78 Å². The van der Waals surface area contributed by atoms with Gasteiger partial charge in [0, 0.05) is 11.6 Å². The van der Waals surface area contributed by atoms with Crippen LogP contribution in [0.1, 0.15) is 55.5 Å². The van der Waals surface area contributed by atoms with Gasteiger partial charge in [-0.3, -0.25) is 4.79 Å². The lowest BCUT2D eigenvalue weighted by Crippen LogP contribution is -2.19. The second-order valence-electron chi connectivity index (χ2n) is 6.25. The number of hydrogen-bond acceptors (Lipinski definition) is 3. The summed E-state index contributed by atoms with van der Waals surface area (Å²) in [5, 5.41) is 0. The molecular formula is C22H29F2NO2. The smallest absolute Gasteiger partial charge is 0.307 e. The molecule has 0 fully saturated rings. The van der Waals surface area contributed by atoms with Crippen LogP contribution in [0.5, 0.6) is 0 Å². The lowest BCUT2D eigenvalue weighted by Gasteiger charge is -2.17. The fourth-order valence-electron chi connectivity index (χ4n) is 3.17. The van der Waals surface area contributed by atoms with Crippen molar-refractivity contribution in [2.45, 2.75) is 54.0 Å². The molecule has 0 aliphatic carbocycles. The van der Waals surface area contributed by atoms with Gasteiger partial charge in [0.1, 0.15) is 0 Å². The van der Waals surface area contributed by atoms with Crippen molar-refractivity contribution < 1.29 is 18.3 Å². The SMILES string of the molecule is CC.CCOC(=O)CC(N)c1cc(-c2c(C)cc(C)cc2C)cc(F)c1F. The lowest BCUT2D eigenvalue weighted by molar-refractivity contribution is -0.143. The van der Waals surface area contributed by atoms with E-state index in [1.807, 2.05) is 46.8 Å². The highest BCUT2D eigenvalue weighted by molar-refractivity contribution is 5.73. The van der Waals surface area contributed by atoms with Crippen molar-refractivity contribution in [3.05, 3.63) is 58.2 Å². The first-order valence-electron chi connectivity index (χ1n) is 9.23. The predicted molar refractivity (Wildman–Crippen MR) is 106 cm³/mol. The zero-order valence-corrected chi connectivity index (χ0v) is 17.0. The van der Waals surface area contributed by atoms with Crippen LogP contribution in [-0.2, 0) is 9.53 Å². The van der Waals surface area contributed by atoms with E-state index in [2.05, 4.69) is 0 Å². The highest BCUT2D eigenvalue weighted by Crippen LogP contribution is 2.32. The Kier molecular flexibility index (Phi) is 8.57. The first-order chi connectivity index (χ1) is 12.7. The zero-order valence-electron chi connectivity index (χ0n) is 17.0. The van der Waals surface area contributed by atoms with Crippen molar-refractivity contribution in [3.63, 3.8) is 0 Å². The van der Waals surface area contributed by atoms with Gasteiger partial charge in [-0.05, 0) is 62.1 Å². The molecule has 0 spiro atoms. The van der Waals surface area contributed by atoms with Gasteiger partial charge in [0.2, 0.25) is 0 Å². The molecule has 0 heterocycles. The van der Waals surface area contributed by atoms with E-state index in [1.165, 1.54) is 12.1 Å². The standard InChI is InChI=1S/C20H23F2NO2.C2H6/c1-5-25-18(24)10-17(23)15-8-14(9-16(21)20(15)22)19-12(3)6-11(2)7-13(19)4;1-2/h6-9,17H,5,10,23H2,1-4H3;1-2H3. The Labute approximate surface area is 160 Å². The molecule has 0 aliphatic heterocycles. The molecule has 1 unspecified atom stereocenters. The van der Waals surface area contributed by atoms with Crippen LogP contribution < -0.4 is 5.73 Å². The monoisotopic (exact) mass is 377 g/mol. The molecule has 0 radical (unpaired) electrons. The van der Waals surface area contributed by atoms with E-state index in [9.17, 15) is 13.6 Å². The summed E-state index contributed by atoms with van der Waals surface area (Å²) in [7, 11) is 0. The molecular weight excluding hydrogens is 348 g/mol. The maximum Gasteiger partial charge on any atom is 0.307 e. The summed E-state index contributed by atoms with van der Waals surface area (Å²) in [5.74, 6) is -2.54. The topological polar surface area (TPSA) is 52.3 Å². The van der Waals surface area contributed by atoms with Gasteiger partial charge >= 0.3 is 5.97 Å². The van der Waals surface area contributed by atoms with Crippen molar-refractivity contribution >= 4 is 5.97 Å². The van der Waals surface area contributed by atoms with Crippen LogP contribution in [0.25, 0.3) is 11.1 Å². The predicted octanol–water partition coefficient (Wildman–Crippen LogP) is 5.54. The average Bonchev–Trinajstić information content (AvgIpc) is 2.58. The third kappa shape index (κ3) is 5.60. The van der Waals surface area contributed by atoms with Crippen LogP contribution in [0.15, 0.2) is 24.3 Å². The van der Waals surface area contributed by atoms with Crippen molar-refractivity contribution in [2.24, 2.45) is 5.73 Å². The lowest BCUT2D eigenvalue weighted by atomic mass is 9.91. The van der Waals surface area contributed by atoms with Crippen LogP contribution in [-0.4, -0.2) is 12.6 Å². The van der Waals surface area contributed by atoms with Gasteiger partial charge in [0.15, 0.2) is 11.6 Å². The largest absolute Gasteiger partial charge is 0.466 e. The normalized spacial score (nSPS) is 11.4. The average molecular weight is 377 g/mol. The molecule has 1 atom stereocenters. The zero-order chi connectivity index (χ0) is 20.7. The number of carbonyl (C=O) groups is 1. The van der Waals surface area contributed by atoms with E-state index in [4.69, 9.17) is 10.5 Å². The van der Waals surface area contributed by atoms with Crippen molar-refractivity contribution in [3.8, 4) is 11.1 Å². The van der Waals surface area contributed by atoms with Crippen LogP contribution in [0.2, 0.25) is 0 Å². The number of benzene rings is 2. The third-order valence-corrected chi connectivity index (χ3v) is 4.11. The molecule has 2 aromatic carbocycles. The summed E-state index contributed by atoms with van der Waals surface area (Å²) in [5.41, 5.74) is 10.3. The van der Waals surface area contributed by atoms with Crippen LogP contribution >= 0.6 is 0 Å². The second-order valence-corrected chi connectivity index (χ2v) is 6.25. The van der Waals surface area contributed by atoms with Gasteiger partial charge < -0.3 is 10.5 Å². The van der Waals surface area contributed by atoms with E-state index in [1.54, 1.807) is 6.92 Å². The Morgan fingerprint density at radius 2 is 1.63 bits per heavy atom. The molecule has 0 bridgehead atoms. The number of ether oxygens (including phenoxy) is 1. The Morgan fingerprint density at radius 1 is 1.07 bits per heavy atom. The number of aryl methyl sites for hydroxylation is 3. The van der Waals surface area contributed by atoms with Crippen molar-refractivity contribution in [1.29, 1.82) is 0 Å². The van der Waals surface area contributed by atoms with Crippen molar-refractivity contribution in [2.75, 3.05) is 6.61 Å². The molecule has 5 heteroatoms. The minimum Gasteiger partial charge on any atom is -0.466 e. The van der Waals surface area contributed by atoms with Gasteiger partial charge in [-0.2, -0.15) is 0 Å². The van der Waals surface area contributed by atoms with Crippen LogP contribution in [0, 0.1) is 32.4 Å². The summed E-state index contributed by atoms with van der Waals surface area (Å²) < 4.78 is 33.2. The Hall–Kier alpha value is -2.27. The molecule has 0 aliphatic rings. The molecule has 3 nitrogen and oxygen atoms in total. The molecule has 0 saturated heterocycles. The Morgan fingerprint density at radius 3 is 2.15 bits per heavy atom. The number of carbonyl (C=O) groups excluding carboxylic acids is 1. The third-order valence-electron chi connectivity index (χ3n) is 4.11. The van der Waals surface area contributed by atoms with E-state index < -0.39 is 23.6 Å².